The van der Waals surface area contributed by atoms with Gasteiger partial charge in [-0.05, 0) is 19.1 Å². The van der Waals surface area contributed by atoms with E-state index in [9.17, 15) is 26.7 Å². The molecule has 3 nitrogen and oxygen atoms in total. The first kappa shape index (κ1) is 16.6. The Balaban J connectivity index is 2.61. The van der Waals surface area contributed by atoms with Gasteiger partial charge in [-0.15, -0.1) is 0 Å². The predicted octanol–water partition coefficient (Wildman–Crippen LogP) is 3.79. The van der Waals surface area contributed by atoms with Gasteiger partial charge >= 0.3 is 18.1 Å². The van der Waals surface area contributed by atoms with Gasteiger partial charge in [0.1, 0.15) is 5.15 Å². The average molecular weight is 318 g/mol. The number of nitrogens with zero attached hydrogens (tertiary/aromatic N) is 1. The zero-order valence-corrected chi connectivity index (χ0v) is 10.9. The normalized spacial score (nSPS) is 12.3. The highest BCUT2D eigenvalue weighted by atomic mass is 35.5. The molecule has 1 aromatic heterocycles. The van der Waals surface area contributed by atoms with Gasteiger partial charge in [-0.1, -0.05) is 11.6 Å². The number of rotatable bonds is 4. The van der Waals surface area contributed by atoms with Gasteiger partial charge in [-0.2, -0.15) is 22.0 Å². The number of pyridine rings is 1. The summed E-state index contributed by atoms with van der Waals surface area (Å²) in [6, 6.07) is 2.52. The van der Waals surface area contributed by atoms with Crippen molar-refractivity contribution in [1.82, 2.24) is 4.98 Å². The van der Waals surface area contributed by atoms with Crippen LogP contribution in [0.15, 0.2) is 12.1 Å². The maximum atomic E-state index is 12.6. The minimum atomic E-state index is -5.67. The number of carbonyl (C=O) groups is 1. The van der Waals surface area contributed by atoms with E-state index in [-0.39, 0.29) is 16.4 Å². The second kappa shape index (κ2) is 5.90. The molecule has 0 aromatic carbocycles. The van der Waals surface area contributed by atoms with Crippen molar-refractivity contribution in [2.24, 2.45) is 0 Å². The molecule has 0 amide bonds. The van der Waals surface area contributed by atoms with Crippen LogP contribution in [0.4, 0.5) is 22.0 Å². The van der Waals surface area contributed by atoms with E-state index >= 15 is 0 Å². The summed E-state index contributed by atoms with van der Waals surface area (Å²) >= 11 is 5.55. The fraction of sp³-hybridized carbons (Fsp3) is 0.455. The summed E-state index contributed by atoms with van der Waals surface area (Å²) < 4.78 is 65.1. The van der Waals surface area contributed by atoms with Crippen molar-refractivity contribution in [2.75, 3.05) is 6.61 Å². The SMILES string of the molecule is Cc1nc(Cl)ccc1C(=O)OCCC(F)(F)C(F)(F)F. The smallest absolute Gasteiger partial charge is 0.453 e. The van der Waals surface area contributed by atoms with Crippen LogP contribution in [0.5, 0.6) is 0 Å². The maximum Gasteiger partial charge on any atom is 0.453 e. The van der Waals surface area contributed by atoms with Gasteiger partial charge in [0.2, 0.25) is 0 Å². The third kappa shape index (κ3) is 4.03. The summed E-state index contributed by atoms with van der Waals surface area (Å²) in [6.45, 7) is 0.361. The highest BCUT2D eigenvalue weighted by molar-refractivity contribution is 6.29. The van der Waals surface area contributed by atoms with Crippen LogP contribution in [0, 0.1) is 6.92 Å². The lowest BCUT2D eigenvalue weighted by Gasteiger charge is -2.19. The third-order valence-corrected chi connectivity index (χ3v) is 2.55. The third-order valence-electron chi connectivity index (χ3n) is 2.34. The monoisotopic (exact) mass is 317 g/mol. The summed E-state index contributed by atoms with van der Waals surface area (Å²) in [5, 5.41) is 0.114. The molecule has 0 unspecified atom stereocenters. The molecule has 1 heterocycles. The number of hydrogen-bond donors (Lipinski definition) is 0. The molecule has 0 fully saturated rings. The first-order valence-electron chi connectivity index (χ1n) is 5.29. The van der Waals surface area contributed by atoms with E-state index in [1.807, 2.05) is 0 Å². The second-order valence-corrected chi connectivity index (χ2v) is 4.24. The lowest BCUT2D eigenvalue weighted by atomic mass is 10.2. The van der Waals surface area contributed by atoms with Crippen LogP contribution in [0.2, 0.25) is 5.15 Å². The minimum Gasteiger partial charge on any atom is -0.462 e. The number of carbonyl (C=O) groups excluding carboxylic acids is 1. The van der Waals surface area contributed by atoms with Crippen molar-refractivity contribution >= 4 is 17.6 Å². The van der Waals surface area contributed by atoms with Crippen molar-refractivity contribution in [3.8, 4) is 0 Å². The molecular formula is C11H9ClF5NO2. The molecule has 0 radical (unpaired) electrons. The summed E-state index contributed by atoms with van der Waals surface area (Å²) in [6.07, 6.45) is -7.31. The van der Waals surface area contributed by atoms with Gasteiger partial charge in [-0.25, -0.2) is 9.78 Å². The second-order valence-electron chi connectivity index (χ2n) is 3.86. The molecule has 0 saturated carbocycles. The van der Waals surface area contributed by atoms with Crippen molar-refractivity contribution in [3.63, 3.8) is 0 Å². The first-order chi connectivity index (χ1) is 9.04. The van der Waals surface area contributed by atoms with E-state index in [4.69, 9.17) is 11.6 Å². The van der Waals surface area contributed by atoms with Gasteiger partial charge in [0.25, 0.3) is 0 Å². The zero-order valence-electron chi connectivity index (χ0n) is 10.1. The highest BCUT2D eigenvalue weighted by Crippen LogP contribution is 2.37. The Morgan fingerprint density at radius 2 is 1.90 bits per heavy atom. The van der Waals surface area contributed by atoms with Gasteiger partial charge in [0, 0.05) is 0 Å². The molecule has 0 aliphatic heterocycles. The topological polar surface area (TPSA) is 39.2 Å². The molecule has 9 heteroatoms. The Hall–Kier alpha value is -1.44. The molecule has 1 aromatic rings. The summed E-state index contributed by atoms with van der Waals surface area (Å²) in [4.78, 5) is 15.2. The Morgan fingerprint density at radius 1 is 1.30 bits per heavy atom. The van der Waals surface area contributed by atoms with Gasteiger partial charge < -0.3 is 4.74 Å². The largest absolute Gasteiger partial charge is 0.462 e. The number of alkyl halides is 5. The van der Waals surface area contributed by atoms with Crippen LogP contribution < -0.4 is 0 Å². The van der Waals surface area contributed by atoms with E-state index in [0.717, 1.165) is 0 Å². The molecule has 1 rings (SSSR count). The van der Waals surface area contributed by atoms with Crippen LogP contribution in [-0.4, -0.2) is 29.7 Å². The van der Waals surface area contributed by atoms with E-state index in [1.165, 1.54) is 19.1 Å². The molecule has 0 aliphatic carbocycles. The predicted molar refractivity (Wildman–Crippen MR) is 59.9 cm³/mol. The Labute approximate surface area is 115 Å². The van der Waals surface area contributed by atoms with E-state index in [2.05, 4.69) is 9.72 Å². The highest BCUT2D eigenvalue weighted by Gasteiger charge is 2.56. The molecule has 0 N–H and O–H groups in total. The molecule has 112 valence electrons. The van der Waals surface area contributed by atoms with Crippen LogP contribution in [0.1, 0.15) is 22.5 Å². The van der Waals surface area contributed by atoms with Gasteiger partial charge in [0.05, 0.1) is 24.3 Å². The molecule has 0 atom stereocenters. The molecule has 0 spiro atoms. The number of aryl methyl sites for hydroxylation is 1. The number of hydrogen-bond acceptors (Lipinski definition) is 3. The van der Waals surface area contributed by atoms with Gasteiger partial charge in [0.15, 0.2) is 0 Å². The molecular weight excluding hydrogens is 309 g/mol. The Kier molecular flexibility index (Phi) is 4.90. The summed E-state index contributed by atoms with van der Waals surface area (Å²) in [7, 11) is 0. The van der Waals surface area contributed by atoms with Crippen molar-refractivity contribution < 1.29 is 31.5 Å². The van der Waals surface area contributed by atoms with E-state index in [1.54, 1.807) is 0 Å². The van der Waals surface area contributed by atoms with Crippen molar-refractivity contribution in [3.05, 3.63) is 28.5 Å². The standard InChI is InChI=1S/C11H9ClF5NO2/c1-6-7(2-3-8(12)18-6)9(19)20-5-4-10(13,14)11(15,16)17/h2-3H,4-5H2,1H3. The minimum absolute atomic E-state index is 0.0512. The van der Waals surface area contributed by atoms with E-state index in [0.29, 0.717) is 0 Å². The molecule has 0 bridgehead atoms. The number of esters is 1. The number of ether oxygens (including phenoxy) is 1. The van der Waals surface area contributed by atoms with Crippen LogP contribution in [0.3, 0.4) is 0 Å². The lowest BCUT2D eigenvalue weighted by Crippen LogP contribution is -2.37. The zero-order chi connectivity index (χ0) is 15.6. The fourth-order valence-electron chi connectivity index (χ4n) is 1.24. The molecule has 0 aliphatic rings. The summed E-state index contributed by atoms with van der Waals surface area (Å²) in [5.74, 6) is -5.94. The average Bonchev–Trinajstić information content (AvgIpc) is 2.26. The van der Waals surface area contributed by atoms with E-state index < -0.39 is 31.1 Å². The summed E-state index contributed by atoms with van der Waals surface area (Å²) in [5.41, 5.74) is 0.134. The lowest BCUT2D eigenvalue weighted by molar-refractivity contribution is -0.286. The van der Waals surface area contributed by atoms with Crippen molar-refractivity contribution in [2.45, 2.75) is 25.4 Å². The first-order valence-corrected chi connectivity index (χ1v) is 5.67. The Morgan fingerprint density at radius 3 is 2.40 bits per heavy atom. The number of halogens is 6. The fourth-order valence-corrected chi connectivity index (χ4v) is 1.43. The quantitative estimate of drug-likeness (QED) is 0.482. The Bertz CT molecular complexity index is 504. The van der Waals surface area contributed by atoms with Crippen LogP contribution in [-0.2, 0) is 4.74 Å². The maximum absolute atomic E-state index is 12.6. The molecule has 20 heavy (non-hydrogen) atoms. The van der Waals surface area contributed by atoms with Crippen LogP contribution >= 0.6 is 11.6 Å². The molecule has 0 saturated heterocycles. The number of aromatic nitrogens is 1. The van der Waals surface area contributed by atoms with Crippen molar-refractivity contribution in [1.29, 1.82) is 0 Å². The van der Waals surface area contributed by atoms with Crippen LogP contribution in [0.25, 0.3) is 0 Å². The van der Waals surface area contributed by atoms with Gasteiger partial charge in [-0.3, -0.25) is 0 Å².